The average Bonchev–Trinajstić information content (AvgIpc) is 3.38. The molecule has 27 heavy (non-hydrogen) atoms. The van der Waals surface area contributed by atoms with Crippen molar-refractivity contribution >= 4 is 11.3 Å². The third-order valence-electron chi connectivity index (χ3n) is 4.07. The van der Waals surface area contributed by atoms with E-state index >= 15 is 0 Å². The first kappa shape index (κ1) is 7.14. The lowest BCUT2D eigenvalue weighted by atomic mass is 9.67. The van der Waals surface area contributed by atoms with Gasteiger partial charge in [0.1, 0.15) is 5.75 Å². The number of ether oxygens (including phenoxy) is 2. The molecule has 0 unspecified atom stereocenters. The van der Waals surface area contributed by atoms with E-state index in [1.54, 1.807) is 11.4 Å². The van der Waals surface area contributed by atoms with E-state index in [1.165, 1.54) is 13.2 Å². The Kier molecular flexibility index (Phi) is 2.20. The van der Waals surface area contributed by atoms with Gasteiger partial charge >= 0.3 is 0 Å². The van der Waals surface area contributed by atoms with Crippen LogP contribution in [0.25, 0.3) is 0 Å². The standard InChI is InChI=1S/C23H31NO2S/c1-25-19-10-17-27-20(19)8-2-4-11-22(21-9-3-7-15-24-21)14-16-26-23(18-22)12-5-6-13-23/h3,7,9-10,15,17H,2,4-6,8,11-14,16,18H2,1H3/t22-/m1/s1/i4D2,5D2,6D2,11D2,12D2,13D2,14D2,16D2,18D2. The number of pyridine rings is 1. The number of rotatable bonds is 7. The summed E-state index contributed by atoms with van der Waals surface area (Å²) in [6.45, 7) is -4.10. The van der Waals surface area contributed by atoms with Gasteiger partial charge in [0.15, 0.2) is 0 Å². The summed E-state index contributed by atoms with van der Waals surface area (Å²) in [6, 6.07) is 4.81. The molecule has 2 aliphatic rings. The van der Waals surface area contributed by atoms with Gasteiger partial charge in [-0.1, -0.05) is 25.2 Å². The van der Waals surface area contributed by atoms with Crippen molar-refractivity contribution in [3.05, 3.63) is 46.4 Å². The van der Waals surface area contributed by atoms with Gasteiger partial charge in [0.25, 0.3) is 0 Å². The van der Waals surface area contributed by atoms with Crippen molar-refractivity contribution in [2.45, 2.75) is 74.8 Å². The Morgan fingerprint density at radius 2 is 2.19 bits per heavy atom. The van der Waals surface area contributed by atoms with E-state index in [2.05, 4.69) is 4.98 Å². The SMILES string of the molecule is [2H]C([2H])(CCc1sccc1OC)C([2H])([2H])[C@@]1(c2ccccn2)C([2H])([2H])C([2H])([2H])OC2(C([2H])([2H])C([2H])([2H])C([2H])([2H])C2([2H])[2H])C1([2H])[2H]. The predicted octanol–water partition coefficient (Wildman–Crippen LogP) is 5.93. The van der Waals surface area contributed by atoms with E-state index in [0.29, 0.717) is 10.6 Å². The minimum atomic E-state index is -4.33. The zero-order valence-corrected chi connectivity index (χ0v) is 15.4. The number of aromatic nitrogens is 1. The fourth-order valence-electron chi connectivity index (χ4n) is 2.79. The second-order valence-corrected chi connectivity index (χ2v) is 6.81. The maximum absolute atomic E-state index is 9.44. The first-order valence-corrected chi connectivity index (χ1v) is 9.19. The number of hydrogen-bond acceptors (Lipinski definition) is 4. The van der Waals surface area contributed by atoms with Gasteiger partial charge in [-0.05, 0) is 68.3 Å². The Morgan fingerprint density at radius 1 is 1.30 bits per heavy atom. The van der Waals surface area contributed by atoms with Crippen molar-refractivity contribution in [2.75, 3.05) is 13.7 Å². The van der Waals surface area contributed by atoms with Crippen molar-refractivity contribution in [1.29, 1.82) is 0 Å². The largest absolute Gasteiger partial charge is 0.496 e. The lowest BCUT2D eigenvalue weighted by Crippen LogP contribution is -2.46. The minimum Gasteiger partial charge on any atom is -0.496 e. The number of aryl methyl sites for hydroxylation is 1. The summed E-state index contributed by atoms with van der Waals surface area (Å²) < 4.78 is 169. The Hall–Kier alpha value is -1.39. The van der Waals surface area contributed by atoms with Crippen LogP contribution in [0.5, 0.6) is 5.75 Å². The molecule has 0 N–H and O–H groups in total. The number of methoxy groups -OCH3 is 1. The monoisotopic (exact) mass is 403 g/mol. The van der Waals surface area contributed by atoms with Gasteiger partial charge in [-0.2, -0.15) is 0 Å². The lowest BCUT2D eigenvalue weighted by Gasteiger charge is -2.46. The van der Waals surface area contributed by atoms with Gasteiger partial charge < -0.3 is 9.47 Å². The topological polar surface area (TPSA) is 31.4 Å². The molecule has 1 atom stereocenters. The van der Waals surface area contributed by atoms with Crippen LogP contribution in [0.4, 0.5) is 0 Å². The van der Waals surface area contributed by atoms with Crippen molar-refractivity contribution in [3.63, 3.8) is 0 Å². The van der Waals surface area contributed by atoms with Gasteiger partial charge in [0.05, 0.1) is 15.5 Å². The van der Waals surface area contributed by atoms with E-state index in [4.69, 9.17) is 28.7 Å². The van der Waals surface area contributed by atoms with Gasteiger partial charge in [0, 0.05) is 50.7 Å². The second kappa shape index (κ2) is 8.32. The normalized spacial score (nSPS) is 48.3. The molecular formula is C23H31NO2S. The zero-order chi connectivity index (χ0) is 34.7. The molecule has 1 aliphatic carbocycles. The summed E-state index contributed by atoms with van der Waals surface area (Å²) in [5.41, 5.74) is -9.25. The second-order valence-electron chi connectivity index (χ2n) is 5.81. The fraction of sp³-hybridized carbons (Fsp3) is 0.609. The van der Waals surface area contributed by atoms with Gasteiger partial charge in [-0.25, -0.2) is 0 Å². The van der Waals surface area contributed by atoms with E-state index in [-0.39, 0.29) is 6.42 Å². The van der Waals surface area contributed by atoms with Crippen LogP contribution in [0.1, 0.15) is 92.6 Å². The molecule has 1 spiro atoms. The van der Waals surface area contributed by atoms with E-state index in [1.807, 2.05) is 0 Å². The Morgan fingerprint density at radius 3 is 2.96 bits per heavy atom. The molecule has 3 nitrogen and oxygen atoms in total. The third kappa shape index (κ3) is 4.07. The first-order chi connectivity index (χ1) is 20.1. The molecule has 1 aliphatic heterocycles. The molecule has 3 heterocycles. The molecule has 2 aromatic rings. The van der Waals surface area contributed by atoms with Crippen molar-refractivity contribution in [2.24, 2.45) is 0 Å². The van der Waals surface area contributed by atoms with Crippen LogP contribution in [-0.2, 0) is 16.6 Å². The molecule has 0 radical (unpaired) electrons. The summed E-state index contributed by atoms with van der Waals surface area (Å²) in [5.74, 6) is 0.333. The lowest BCUT2D eigenvalue weighted by molar-refractivity contribution is -0.104. The maximum atomic E-state index is 9.44. The number of nitrogens with zero attached hydrogens (tertiary/aromatic N) is 1. The van der Waals surface area contributed by atoms with Crippen LogP contribution in [0.2, 0.25) is 0 Å². The highest BCUT2D eigenvalue weighted by atomic mass is 32.1. The predicted molar refractivity (Wildman–Crippen MR) is 111 cm³/mol. The highest BCUT2D eigenvalue weighted by molar-refractivity contribution is 7.10. The van der Waals surface area contributed by atoms with E-state index in [0.717, 1.165) is 29.7 Å². The quantitative estimate of drug-likeness (QED) is 0.574. The Bertz CT molecular complexity index is 1420. The van der Waals surface area contributed by atoms with Gasteiger partial charge in [0.2, 0.25) is 0 Å². The van der Waals surface area contributed by atoms with Crippen LogP contribution in [0, 0.1) is 0 Å². The summed E-state index contributed by atoms with van der Waals surface area (Å²) >= 11 is 1.13. The molecule has 1 saturated carbocycles. The smallest absolute Gasteiger partial charge is 0.132 e. The number of thiophene rings is 1. The Labute approximate surface area is 192 Å². The molecule has 4 rings (SSSR count). The molecule has 1 saturated heterocycles. The molecule has 0 aromatic carbocycles. The van der Waals surface area contributed by atoms with Crippen molar-refractivity contribution in [1.82, 2.24) is 4.98 Å². The zero-order valence-electron chi connectivity index (χ0n) is 32.6. The van der Waals surface area contributed by atoms with Crippen molar-refractivity contribution in [3.8, 4) is 5.75 Å². The summed E-state index contributed by atoms with van der Waals surface area (Å²) in [7, 11) is 1.35. The van der Waals surface area contributed by atoms with Crippen LogP contribution in [-0.4, -0.2) is 24.3 Å². The summed E-state index contributed by atoms with van der Waals surface area (Å²) in [6.07, 6.45) is -32.1. The highest BCUT2D eigenvalue weighted by Crippen LogP contribution is 2.50. The molecule has 2 aromatic heterocycles. The molecule has 2 fully saturated rings. The first-order valence-electron chi connectivity index (χ1n) is 17.3. The average molecular weight is 404 g/mol. The van der Waals surface area contributed by atoms with Gasteiger partial charge in [-0.3, -0.25) is 4.98 Å². The Balaban J connectivity index is 2.17. The number of hydrogen-bond donors (Lipinski definition) is 0. The van der Waals surface area contributed by atoms with Crippen molar-refractivity contribution < 1.29 is 34.1 Å². The summed E-state index contributed by atoms with van der Waals surface area (Å²) in [4.78, 5) is 4.36. The van der Waals surface area contributed by atoms with Crippen LogP contribution < -0.4 is 4.74 Å². The molecule has 0 amide bonds. The minimum absolute atomic E-state index is 0.237. The summed E-state index contributed by atoms with van der Waals surface area (Å²) in [5, 5.41) is 1.62. The van der Waals surface area contributed by atoms with Gasteiger partial charge in [-0.15, -0.1) is 11.3 Å². The molecule has 146 valence electrons. The third-order valence-corrected chi connectivity index (χ3v) is 5.03. The fourth-order valence-corrected chi connectivity index (χ4v) is 3.63. The van der Waals surface area contributed by atoms with Crippen LogP contribution in [0.15, 0.2) is 35.8 Å². The van der Waals surface area contributed by atoms with Crippen LogP contribution >= 0.6 is 11.3 Å². The van der Waals surface area contributed by atoms with E-state index in [9.17, 15) is 5.48 Å². The molecule has 4 heteroatoms. The maximum Gasteiger partial charge on any atom is 0.132 e. The molecular weight excluding hydrogens is 354 g/mol. The highest BCUT2D eigenvalue weighted by Gasteiger charge is 2.48. The van der Waals surface area contributed by atoms with E-state index < -0.39 is 80.7 Å². The van der Waals surface area contributed by atoms with Crippen LogP contribution in [0.3, 0.4) is 0 Å². The molecule has 0 bridgehead atoms.